The smallest absolute Gasteiger partial charge is 0.410 e. The fraction of sp³-hybridized carbons (Fsp3) is 0.850. The van der Waals surface area contributed by atoms with Gasteiger partial charge in [0.2, 0.25) is 0 Å². The van der Waals surface area contributed by atoms with Crippen LogP contribution < -0.4 is 5.32 Å². The Morgan fingerprint density at radius 1 is 1.29 bits per heavy atom. The number of rotatable bonds is 5. The lowest BCUT2D eigenvalue weighted by Crippen LogP contribution is -2.52. The first-order chi connectivity index (χ1) is 13.2. The second-order valence-corrected chi connectivity index (χ2v) is 9.01. The number of aromatic nitrogens is 3. The van der Waals surface area contributed by atoms with Crippen LogP contribution in [0.15, 0.2) is 0 Å². The standard InChI is InChI=1S/C20H35N5O3/c1-14(21-15(2)18-23-22-17-8-6-7-9-25(17)18)12-16-13-27-11-10-24(16)19(26)28-20(3,4)5/h14-16,21H,6-13H2,1-5H3. The van der Waals surface area contributed by atoms with Gasteiger partial charge < -0.3 is 24.3 Å². The van der Waals surface area contributed by atoms with E-state index in [0.29, 0.717) is 19.8 Å². The van der Waals surface area contributed by atoms with Gasteiger partial charge in [0.25, 0.3) is 0 Å². The Kier molecular flexibility index (Phi) is 6.60. The number of hydrogen-bond acceptors (Lipinski definition) is 6. The van der Waals surface area contributed by atoms with Gasteiger partial charge in [-0.25, -0.2) is 4.79 Å². The first-order valence-electron chi connectivity index (χ1n) is 10.5. The molecule has 2 aliphatic heterocycles. The summed E-state index contributed by atoms with van der Waals surface area (Å²) in [6.45, 7) is 12.6. The zero-order chi connectivity index (χ0) is 20.3. The van der Waals surface area contributed by atoms with Gasteiger partial charge in [-0.1, -0.05) is 0 Å². The summed E-state index contributed by atoms with van der Waals surface area (Å²) < 4.78 is 13.5. The molecule has 1 N–H and O–H groups in total. The van der Waals surface area contributed by atoms with Crippen LogP contribution in [0.3, 0.4) is 0 Å². The molecule has 0 bridgehead atoms. The molecule has 1 aromatic rings. The summed E-state index contributed by atoms with van der Waals surface area (Å²) in [6, 6.07) is 0.308. The largest absolute Gasteiger partial charge is 0.444 e. The SMILES string of the molecule is CC(CC1COCCN1C(=O)OC(C)(C)C)NC(C)c1nnc2n1CCCC2. The summed E-state index contributed by atoms with van der Waals surface area (Å²) in [5, 5.41) is 12.4. The van der Waals surface area contributed by atoms with Crippen LogP contribution in [0.25, 0.3) is 0 Å². The van der Waals surface area contributed by atoms with Crippen molar-refractivity contribution in [2.45, 2.75) is 90.6 Å². The van der Waals surface area contributed by atoms with Gasteiger partial charge in [0.1, 0.15) is 17.2 Å². The first-order valence-corrected chi connectivity index (χ1v) is 10.5. The molecule has 3 atom stereocenters. The van der Waals surface area contributed by atoms with E-state index >= 15 is 0 Å². The molecule has 8 heteroatoms. The maximum atomic E-state index is 12.6. The minimum absolute atomic E-state index is 0.00520. The number of fused-ring (bicyclic) bond motifs is 1. The molecule has 2 aliphatic rings. The first kappa shape index (κ1) is 21.0. The monoisotopic (exact) mass is 393 g/mol. The second kappa shape index (κ2) is 8.78. The zero-order valence-corrected chi connectivity index (χ0v) is 17.9. The number of morpholine rings is 1. The van der Waals surface area contributed by atoms with E-state index in [9.17, 15) is 4.79 Å². The average molecular weight is 394 g/mol. The van der Waals surface area contributed by atoms with Crippen molar-refractivity contribution in [1.82, 2.24) is 25.0 Å². The van der Waals surface area contributed by atoms with Gasteiger partial charge >= 0.3 is 6.09 Å². The third-order valence-electron chi connectivity index (χ3n) is 5.29. The van der Waals surface area contributed by atoms with Gasteiger partial charge in [0, 0.05) is 25.6 Å². The number of ether oxygens (including phenoxy) is 2. The fourth-order valence-electron chi connectivity index (χ4n) is 4.04. The van der Waals surface area contributed by atoms with Crippen molar-refractivity contribution >= 4 is 6.09 Å². The van der Waals surface area contributed by atoms with Crippen LogP contribution in [0.2, 0.25) is 0 Å². The summed E-state index contributed by atoms with van der Waals surface area (Å²) in [6.07, 6.45) is 3.93. The Bertz CT molecular complexity index is 669. The van der Waals surface area contributed by atoms with Gasteiger partial charge in [-0.2, -0.15) is 0 Å². The van der Waals surface area contributed by atoms with Crippen molar-refractivity contribution in [3.8, 4) is 0 Å². The van der Waals surface area contributed by atoms with E-state index in [4.69, 9.17) is 9.47 Å². The number of hydrogen-bond donors (Lipinski definition) is 1. The van der Waals surface area contributed by atoms with Crippen molar-refractivity contribution in [3.63, 3.8) is 0 Å². The van der Waals surface area contributed by atoms with Crippen molar-refractivity contribution in [2.75, 3.05) is 19.8 Å². The van der Waals surface area contributed by atoms with E-state index in [1.54, 1.807) is 0 Å². The summed E-state index contributed by atoms with van der Waals surface area (Å²) >= 11 is 0. The molecule has 1 fully saturated rings. The molecule has 1 saturated heterocycles. The maximum absolute atomic E-state index is 12.6. The Morgan fingerprint density at radius 2 is 2.07 bits per heavy atom. The predicted molar refractivity (Wildman–Crippen MR) is 106 cm³/mol. The molecule has 0 aromatic carbocycles. The molecular formula is C20H35N5O3. The maximum Gasteiger partial charge on any atom is 0.410 e. The molecule has 1 amide bonds. The number of nitrogens with zero attached hydrogens (tertiary/aromatic N) is 4. The van der Waals surface area contributed by atoms with Crippen LogP contribution in [0, 0.1) is 0 Å². The predicted octanol–water partition coefficient (Wildman–Crippen LogP) is 2.68. The molecule has 3 rings (SSSR count). The van der Waals surface area contributed by atoms with Crippen molar-refractivity contribution in [3.05, 3.63) is 11.6 Å². The third kappa shape index (κ3) is 5.23. The third-order valence-corrected chi connectivity index (χ3v) is 5.29. The van der Waals surface area contributed by atoms with Crippen LogP contribution in [-0.2, 0) is 22.4 Å². The highest BCUT2D eigenvalue weighted by molar-refractivity contribution is 5.68. The fourth-order valence-corrected chi connectivity index (χ4v) is 4.04. The van der Waals surface area contributed by atoms with Crippen LogP contribution in [0.4, 0.5) is 4.79 Å². The number of aryl methyl sites for hydroxylation is 1. The Hall–Kier alpha value is -1.67. The normalized spacial score (nSPS) is 22.5. The molecule has 3 heterocycles. The van der Waals surface area contributed by atoms with Crippen molar-refractivity contribution in [1.29, 1.82) is 0 Å². The van der Waals surface area contributed by atoms with Crippen molar-refractivity contribution < 1.29 is 14.3 Å². The van der Waals surface area contributed by atoms with Gasteiger partial charge in [-0.05, 0) is 53.9 Å². The Morgan fingerprint density at radius 3 is 2.82 bits per heavy atom. The summed E-state index contributed by atoms with van der Waals surface area (Å²) in [7, 11) is 0. The summed E-state index contributed by atoms with van der Waals surface area (Å²) in [5.41, 5.74) is -0.495. The van der Waals surface area contributed by atoms with Gasteiger partial charge in [-0.15, -0.1) is 10.2 Å². The molecular weight excluding hydrogens is 358 g/mol. The lowest BCUT2D eigenvalue weighted by atomic mass is 10.1. The van der Waals surface area contributed by atoms with Crippen LogP contribution in [0.5, 0.6) is 0 Å². The molecule has 0 spiro atoms. The lowest BCUT2D eigenvalue weighted by molar-refractivity contribution is -0.0357. The van der Waals surface area contributed by atoms with E-state index in [1.165, 1.54) is 12.8 Å². The van der Waals surface area contributed by atoms with E-state index in [2.05, 4.69) is 33.9 Å². The highest BCUT2D eigenvalue weighted by Gasteiger charge is 2.32. The molecule has 3 unspecified atom stereocenters. The molecule has 0 radical (unpaired) electrons. The van der Waals surface area contributed by atoms with E-state index in [0.717, 1.165) is 31.0 Å². The minimum Gasteiger partial charge on any atom is -0.444 e. The van der Waals surface area contributed by atoms with E-state index in [-0.39, 0.29) is 24.2 Å². The number of carbonyl (C=O) groups excluding carboxylic acids is 1. The topological polar surface area (TPSA) is 81.5 Å². The summed E-state index contributed by atoms with van der Waals surface area (Å²) in [4.78, 5) is 14.4. The van der Waals surface area contributed by atoms with Crippen molar-refractivity contribution in [2.24, 2.45) is 0 Å². The molecule has 8 nitrogen and oxygen atoms in total. The average Bonchev–Trinajstić information content (AvgIpc) is 3.04. The molecule has 0 aliphatic carbocycles. The number of carbonyl (C=O) groups is 1. The van der Waals surface area contributed by atoms with Gasteiger partial charge in [0.15, 0.2) is 0 Å². The molecule has 158 valence electrons. The van der Waals surface area contributed by atoms with Gasteiger partial charge in [-0.3, -0.25) is 0 Å². The highest BCUT2D eigenvalue weighted by atomic mass is 16.6. The number of amides is 1. The zero-order valence-electron chi connectivity index (χ0n) is 17.9. The Labute approximate surface area is 168 Å². The molecule has 1 aromatic heterocycles. The summed E-state index contributed by atoms with van der Waals surface area (Å²) in [5.74, 6) is 2.10. The minimum atomic E-state index is -0.495. The molecule has 0 saturated carbocycles. The lowest BCUT2D eigenvalue weighted by Gasteiger charge is -2.38. The quantitative estimate of drug-likeness (QED) is 0.828. The van der Waals surface area contributed by atoms with E-state index in [1.807, 2.05) is 25.7 Å². The van der Waals surface area contributed by atoms with Crippen LogP contribution in [-0.4, -0.2) is 63.2 Å². The molecule has 28 heavy (non-hydrogen) atoms. The van der Waals surface area contributed by atoms with Gasteiger partial charge in [0.05, 0.1) is 25.3 Å². The number of nitrogens with one attached hydrogen (secondary N) is 1. The second-order valence-electron chi connectivity index (χ2n) is 9.01. The van der Waals surface area contributed by atoms with E-state index < -0.39 is 5.60 Å². The Balaban J connectivity index is 1.58. The van der Waals surface area contributed by atoms with Crippen LogP contribution in [0.1, 0.15) is 71.6 Å². The van der Waals surface area contributed by atoms with Crippen LogP contribution >= 0.6 is 0 Å². The highest BCUT2D eigenvalue weighted by Crippen LogP contribution is 2.21.